The minimum Gasteiger partial charge on any atom is -0.477 e. The van der Waals surface area contributed by atoms with Gasteiger partial charge in [0.1, 0.15) is 0 Å². The maximum Gasteiger partial charge on any atom is 0.362 e. The van der Waals surface area contributed by atoms with Crippen LogP contribution in [0.25, 0.3) is 0 Å². The average Bonchev–Trinajstić information content (AvgIpc) is 1.79. The van der Waals surface area contributed by atoms with Crippen LogP contribution in [-0.2, 0) is 9.36 Å². The van der Waals surface area contributed by atoms with E-state index in [0.717, 1.165) is 0 Å². The number of carboxylic acid groups (broad SMARTS) is 1. The van der Waals surface area contributed by atoms with Crippen molar-refractivity contribution >= 4 is 13.6 Å². The summed E-state index contributed by atoms with van der Waals surface area (Å²) in [7, 11) is 0.935. The molecule has 0 aromatic rings. The molecule has 84 valence electrons. The molecule has 0 saturated heterocycles. The highest BCUT2D eigenvalue weighted by Gasteiger charge is 2.33. The summed E-state index contributed by atoms with van der Waals surface area (Å²) >= 11 is 0. The van der Waals surface area contributed by atoms with Crippen LogP contribution >= 0.6 is 7.60 Å². The first-order valence-corrected chi connectivity index (χ1v) is 5.92. The standard InChI is InChI=1S/C7H16NO5P/c1-8(2,3)6(7(9)10)4-5-14(11,12)13/h6H,4-5H2,1-3H3,(H2-,9,10,11,12,13)/p+1. The molecular formula is C7H17NO5P+. The van der Waals surface area contributed by atoms with Gasteiger partial charge in [0.25, 0.3) is 0 Å². The zero-order valence-corrected chi connectivity index (χ0v) is 9.44. The van der Waals surface area contributed by atoms with Gasteiger partial charge in [-0.05, 0) is 0 Å². The molecule has 0 amide bonds. The van der Waals surface area contributed by atoms with Crippen molar-refractivity contribution in [2.75, 3.05) is 27.3 Å². The first-order valence-electron chi connectivity index (χ1n) is 4.12. The number of carboxylic acids is 1. The first kappa shape index (κ1) is 13.6. The maximum atomic E-state index is 10.8. The summed E-state index contributed by atoms with van der Waals surface area (Å²) in [5.74, 6) is -1.04. The average molecular weight is 226 g/mol. The van der Waals surface area contributed by atoms with Crippen molar-refractivity contribution in [1.29, 1.82) is 0 Å². The fourth-order valence-electron chi connectivity index (χ4n) is 1.13. The molecule has 0 aromatic carbocycles. The summed E-state index contributed by atoms with van der Waals surface area (Å²) < 4.78 is 10.7. The van der Waals surface area contributed by atoms with Crippen LogP contribution in [0.1, 0.15) is 6.42 Å². The SMILES string of the molecule is C[N+](C)(C)C(CCP(=O)(O)O)C(=O)O. The number of hydrogen-bond donors (Lipinski definition) is 3. The largest absolute Gasteiger partial charge is 0.477 e. The zero-order chi connectivity index (χ0) is 11.6. The van der Waals surface area contributed by atoms with Gasteiger partial charge in [-0.2, -0.15) is 0 Å². The van der Waals surface area contributed by atoms with Gasteiger partial charge in [0.2, 0.25) is 0 Å². The van der Waals surface area contributed by atoms with Crippen LogP contribution in [0.15, 0.2) is 0 Å². The van der Waals surface area contributed by atoms with Gasteiger partial charge in [-0.1, -0.05) is 0 Å². The number of likely N-dealkylation sites (N-methyl/N-ethyl adjacent to an activating group) is 1. The molecular weight excluding hydrogens is 209 g/mol. The lowest BCUT2D eigenvalue weighted by atomic mass is 10.2. The van der Waals surface area contributed by atoms with Gasteiger partial charge in [-0.25, -0.2) is 4.79 Å². The molecule has 0 bridgehead atoms. The Balaban J connectivity index is 4.42. The van der Waals surface area contributed by atoms with Gasteiger partial charge in [-0.3, -0.25) is 4.57 Å². The van der Waals surface area contributed by atoms with Gasteiger partial charge in [0.05, 0.1) is 27.3 Å². The topological polar surface area (TPSA) is 94.8 Å². The Morgan fingerprint density at radius 2 is 1.79 bits per heavy atom. The van der Waals surface area contributed by atoms with E-state index in [9.17, 15) is 9.36 Å². The van der Waals surface area contributed by atoms with Crippen LogP contribution < -0.4 is 0 Å². The molecule has 0 aliphatic carbocycles. The highest BCUT2D eigenvalue weighted by atomic mass is 31.2. The number of rotatable bonds is 5. The second-order valence-corrected chi connectivity index (χ2v) is 5.92. The number of carbonyl (C=O) groups is 1. The lowest BCUT2D eigenvalue weighted by Gasteiger charge is -2.31. The fraction of sp³-hybridized carbons (Fsp3) is 0.857. The number of nitrogens with zero attached hydrogens (tertiary/aromatic N) is 1. The highest BCUT2D eigenvalue weighted by Crippen LogP contribution is 2.36. The van der Waals surface area contributed by atoms with Gasteiger partial charge in [0, 0.05) is 6.42 Å². The van der Waals surface area contributed by atoms with E-state index in [0.29, 0.717) is 0 Å². The number of hydrogen-bond acceptors (Lipinski definition) is 2. The highest BCUT2D eigenvalue weighted by molar-refractivity contribution is 7.51. The normalized spacial score (nSPS) is 15.2. The molecule has 0 heterocycles. The fourth-order valence-corrected chi connectivity index (χ4v) is 1.71. The van der Waals surface area contributed by atoms with E-state index in [-0.39, 0.29) is 17.1 Å². The van der Waals surface area contributed by atoms with Crippen molar-refractivity contribution in [1.82, 2.24) is 0 Å². The Labute approximate surface area is 82.9 Å². The summed E-state index contributed by atoms with van der Waals surface area (Å²) in [6, 6.07) is -0.789. The van der Waals surface area contributed by atoms with Crippen LogP contribution in [0.5, 0.6) is 0 Å². The molecule has 0 aliphatic rings. The molecule has 0 spiro atoms. The Morgan fingerprint density at radius 1 is 1.36 bits per heavy atom. The van der Waals surface area contributed by atoms with Crippen LogP contribution in [0.2, 0.25) is 0 Å². The van der Waals surface area contributed by atoms with E-state index in [2.05, 4.69) is 0 Å². The summed E-state index contributed by atoms with van der Waals surface area (Å²) in [5, 5.41) is 8.84. The third-order valence-corrected chi connectivity index (χ3v) is 2.75. The molecule has 0 aliphatic heterocycles. The van der Waals surface area contributed by atoms with Crippen molar-refractivity contribution < 1.29 is 28.7 Å². The molecule has 3 N–H and O–H groups in total. The van der Waals surface area contributed by atoms with Gasteiger partial charge in [-0.15, -0.1) is 0 Å². The van der Waals surface area contributed by atoms with Crippen LogP contribution in [0.4, 0.5) is 0 Å². The Hall–Kier alpha value is -0.420. The minimum atomic E-state index is -4.10. The van der Waals surface area contributed by atoms with E-state index in [1.54, 1.807) is 21.1 Å². The Morgan fingerprint density at radius 3 is 2.00 bits per heavy atom. The quantitative estimate of drug-likeness (QED) is 0.442. The van der Waals surface area contributed by atoms with E-state index in [1.165, 1.54) is 0 Å². The van der Waals surface area contributed by atoms with Gasteiger partial charge >= 0.3 is 13.6 Å². The van der Waals surface area contributed by atoms with Gasteiger partial charge < -0.3 is 19.4 Å². The molecule has 14 heavy (non-hydrogen) atoms. The molecule has 0 fully saturated rings. The van der Waals surface area contributed by atoms with Crippen LogP contribution in [0.3, 0.4) is 0 Å². The molecule has 6 nitrogen and oxygen atoms in total. The van der Waals surface area contributed by atoms with Crippen molar-refractivity contribution in [2.45, 2.75) is 12.5 Å². The van der Waals surface area contributed by atoms with Crippen molar-refractivity contribution in [3.05, 3.63) is 0 Å². The van der Waals surface area contributed by atoms with E-state index in [1.807, 2.05) is 0 Å². The number of quaternary nitrogens is 1. The number of aliphatic carboxylic acids is 1. The predicted molar refractivity (Wildman–Crippen MR) is 51.0 cm³/mol. The molecule has 0 radical (unpaired) electrons. The monoisotopic (exact) mass is 226 g/mol. The summed E-state index contributed by atoms with van der Waals surface area (Å²) in [5.41, 5.74) is 0. The third-order valence-electron chi connectivity index (χ3n) is 1.91. The third kappa shape index (κ3) is 5.34. The van der Waals surface area contributed by atoms with E-state index >= 15 is 0 Å². The summed E-state index contributed by atoms with van der Waals surface area (Å²) in [4.78, 5) is 28.0. The summed E-state index contributed by atoms with van der Waals surface area (Å²) in [6.45, 7) is 0. The Bertz CT molecular complexity index is 253. The second-order valence-electron chi connectivity index (χ2n) is 4.15. The molecule has 1 unspecified atom stereocenters. The first-order chi connectivity index (χ1) is 6.04. The predicted octanol–water partition coefficient (Wildman–Crippen LogP) is -0.286. The van der Waals surface area contributed by atoms with Crippen LogP contribution in [0, 0.1) is 0 Å². The van der Waals surface area contributed by atoms with E-state index in [4.69, 9.17) is 14.9 Å². The molecule has 0 rings (SSSR count). The van der Waals surface area contributed by atoms with Crippen molar-refractivity contribution in [2.24, 2.45) is 0 Å². The minimum absolute atomic E-state index is 0.0247. The molecule has 0 saturated carbocycles. The maximum absolute atomic E-state index is 10.8. The second kappa shape index (κ2) is 4.40. The van der Waals surface area contributed by atoms with Crippen molar-refractivity contribution in [3.8, 4) is 0 Å². The lowest BCUT2D eigenvalue weighted by molar-refractivity contribution is -0.887. The Kier molecular flexibility index (Phi) is 4.27. The van der Waals surface area contributed by atoms with Gasteiger partial charge in [0.15, 0.2) is 6.04 Å². The molecule has 7 heteroatoms. The lowest BCUT2D eigenvalue weighted by Crippen LogP contribution is -2.50. The zero-order valence-electron chi connectivity index (χ0n) is 8.54. The van der Waals surface area contributed by atoms with E-state index < -0.39 is 19.6 Å². The van der Waals surface area contributed by atoms with Crippen LogP contribution in [-0.4, -0.2) is 58.7 Å². The van der Waals surface area contributed by atoms with Crippen molar-refractivity contribution in [3.63, 3.8) is 0 Å². The smallest absolute Gasteiger partial charge is 0.362 e. The molecule has 1 atom stereocenters. The molecule has 0 aromatic heterocycles. The summed E-state index contributed by atoms with van der Waals surface area (Å²) in [6.07, 6.45) is -0.414.